The number of methoxy groups -OCH3 is 2. The Morgan fingerprint density at radius 1 is 1.25 bits per heavy atom. The molecule has 0 spiro atoms. The van der Waals surface area contributed by atoms with Crippen LogP contribution in [0.25, 0.3) is 0 Å². The first-order chi connectivity index (χ1) is 9.70. The van der Waals surface area contributed by atoms with Gasteiger partial charge in [-0.2, -0.15) is 0 Å². The molecule has 5 nitrogen and oxygen atoms in total. The van der Waals surface area contributed by atoms with Crippen molar-refractivity contribution >= 4 is 6.09 Å². The van der Waals surface area contributed by atoms with Crippen molar-refractivity contribution in [2.75, 3.05) is 34.0 Å². The third-order valence-electron chi connectivity index (χ3n) is 3.91. The van der Waals surface area contributed by atoms with Crippen LogP contribution in [0.5, 0.6) is 5.75 Å². The lowest BCUT2D eigenvalue weighted by Crippen LogP contribution is -2.44. The summed E-state index contributed by atoms with van der Waals surface area (Å²) in [4.78, 5) is 11.3. The zero-order valence-electron chi connectivity index (χ0n) is 12.0. The number of nitrogens with one attached hydrogen (secondary N) is 1. The molecule has 1 N–H and O–H groups in total. The molecule has 0 saturated carbocycles. The first-order valence-corrected chi connectivity index (χ1v) is 6.74. The van der Waals surface area contributed by atoms with E-state index in [0.29, 0.717) is 19.8 Å². The van der Waals surface area contributed by atoms with Crippen molar-refractivity contribution < 1.29 is 19.0 Å². The highest BCUT2D eigenvalue weighted by molar-refractivity contribution is 5.67. The summed E-state index contributed by atoms with van der Waals surface area (Å²) in [5, 5.41) is 2.82. The smallest absolute Gasteiger partial charge is 0.406 e. The van der Waals surface area contributed by atoms with E-state index in [4.69, 9.17) is 9.47 Å². The van der Waals surface area contributed by atoms with Crippen molar-refractivity contribution in [1.29, 1.82) is 0 Å². The lowest BCUT2D eigenvalue weighted by molar-refractivity contribution is 0.0494. The van der Waals surface area contributed by atoms with Gasteiger partial charge in [0.15, 0.2) is 0 Å². The molecule has 0 atom stereocenters. The Balaban J connectivity index is 2.18. The second-order valence-corrected chi connectivity index (χ2v) is 4.97. The Kier molecular flexibility index (Phi) is 4.84. The summed E-state index contributed by atoms with van der Waals surface area (Å²) in [5.74, 6) is 0.830. The van der Waals surface area contributed by atoms with Crippen molar-refractivity contribution in [1.82, 2.24) is 5.32 Å². The van der Waals surface area contributed by atoms with Crippen LogP contribution in [0.2, 0.25) is 0 Å². The van der Waals surface area contributed by atoms with E-state index in [9.17, 15) is 4.79 Å². The van der Waals surface area contributed by atoms with Crippen molar-refractivity contribution in [3.8, 4) is 5.75 Å². The molecule has 1 aliphatic heterocycles. The Bertz CT molecular complexity index is 438. The Morgan fingerprint density at radius 2 is 1.90 bits per heavy atom. The summed E-state index contributed by atoms with van der Waals surface area (Å²) in [6.45, 7) is 1.96. The number of carbonyl (C=O) groups is 1. The van der Waals surface area contributed by atoms with E-state index < -0.39 is 6.09 Å². The van der Waals surface area contributed by atoms with Gasteiger partial charge in [-0.3, -0.25) is 0 Å². The Labute approximate surface area is 119 Å². The third-order valence-corrected chi connectivity index (χ3v) is 3.91. The number of carbonyl (C=O) groups excluding carboxylic acids is 1. The van der Waals surface area contributed by atoms with Crippen LogP contribution in [0.1, 0.15) is 18.4 Å². The summed E-state index contributed by atoms with van der Waals surface area (Å²) in [6, 6.07) is 8.02. The first kappa shape index (κ1) is 14.7. The highest BCUT2D eigenvalue weighted by Crippen LogP contribution is 2.35. The van der Waals surface area contributed by atoms with Crippen LogP contribution < -0.4 is 10.1 Å². The number of hydrogen-bond donors (Lipinski definition) is 1. The molecule has 0 radical (unpaired) electrons. The monoisotopic (exact) mass is 279 g/mol. The first-order valence-electron chi connectivity index (χ1n) is 6.74. The predicted molar refractivity (Wildman–Crippen MR) is 75.1 cm³/mol. The third kappa shape index (κ3) is 3.22. The predicted octanol–water partition coefficient (Wildman–Crippen LogP) is 2.10. The molecule has 0 unspecified atom stereocenters. The van der Waals surface area contributed by atoms with Gasteiger partial charge >= 0.3 is 6.09 Å². The molecule has 20 heavy (non-hydrogen) atoms. The van der Waals surface area contributed by atoms with E-state index in [1.807, 2.05) is 12.1 Å². The van der Waals surface area contributed by atoms with Crippen LogP contribution in [0.4, 0.5) is 4.79 Å². The highest BCUT2D eigenvalue weighted by Gasteiger charge is 2.35. The summed E-state index contributed by atoms with van der Waals surface area (Å²) < 4.78 is 15.3. The highest BCUT2D eigenvalue weighted by atomic mass is 16.5. The minimum Gasteiger partial charge on any atom is -0.497 e. The summed E-state index contributed by atoms with van der Waals surface area (Å²) in [7, 11) is 3.03. The van der Waals surface area contributed by atoms with Crippen molar-refractivity contribution in [3.05, 3.63) is 29.8 Å². The molecule has 0 bridgehead atoms. The van der Waals surface area contributed by atoms with Gasteiger partial charge in [-0.05, 0) is 30.5 Å². The lowest BCUT2D eigenvalue weighted by atomic mass is 9.74. The number of ether oxygens (including phenoxy) is 3. The molecule has 1 amide bonds. The van der Waals surface area contributed by atoms with Crippen molar-refractivity contribution in [3.63, 3.8) is 0 Å². The normalized spacial score (nSPS) is 17.3. The topological polar surface area (TPSA) is 56.8 Å². The average molecular weight is 279 g/mol. The van der Waals surface area contributed by atoms with Crippen LogP contribution in [-0.4, -0.2) is 40.1 Å². The number of benzene rings is 1. The quantitative estimate of drug-likeness (QED) is 0.917. The molecule has 1 aromatic carbocycles. The molecule has 1 fully saturated rings. The van der Waals surface area contributed by atoms with Gasteiger partial charge < -0.3 is 19.5 Å². The molecule has 1 aliphatic rings. The second kappa shape index (κ2) is 6.61. The molecule has 1 saturated heterocycles. The molecule has 0 aliphatic carbocycles. The summed E-state index contributed by atoms with van der Waals surface area (Å²) in [5.41, 5.74) is 1.09. The largest absolute Gasteiger partial charge is 0.497 e. The van der Waals surface area contributed by atoms with Gasteiger partial charge in [-0.15, -0.1) is 0 Å². The van der Waals surface area contributed by atoms with E-state index in [1.165, 1.54) is 12.7 Å². The molecule has 1 aromatic rings. The summed E-state index contributed by atoms with van der Waals surface area (Å²) in [6.07, 6.45) is 1.36. The maximum absolute atomic E-state index is 11.3. The van der Waals surface area contributed by atoms with Crippen LogP contribution in [0.3, 0.4) is 0 Å². The molecule has 5 heteroatoms. The van der Waals surface area contributed by atoms with Gasteiger partial charge in [0.1, 0.15) is 5.75 Å². The van der Waals surface area contributed by atoms with E-state index in [-0.39, 0.29) is 5.41 Å². The van der Waals surface area contributed by atoms with Gasteiger partial charge in [0.05, 0.1) is 14.2 Å². The van der Waals surface area contributed by atoms with E-state index in [1.54, 1.807) is 7.11 Å². The number of alkyl carbamates (subject to hydrolysis) is 1. The minimum atomic E-state index is -0.399. The molecule has 1 heterocycles. The minimum absolute atomic E-state index is 0.0985. The van der Waals surface area contributed by atoms with Gasteiger partial charge in [0.25, 0.3) is 0 Å². The molecule has 0 aromatic heterocycles. The van der Waals surface area contributed by atoms with Crippen LogP contribution in [0.15, 0.2) is 24.3 Å². The van der Waals surface area contributed by atoms with Gasteiger partial charge in [-0.1, -0.05) is 12.1 Å². The maximum Gasteiger partial charge on any atom is 0.406 e. The fourth-order valence-corrected chi connectivity index (χ4v) is 2.59. The van der Waals surface area contributed by atoms with Gasteiger partial charge in [-0.25, -0.2) is 4.79 Å². The zero-order chi connectivity index (χ0) is 14.4. The zero-order valence-corrected chi connectivity index (χ0v) is 12.0. The van der Waals surface area contributed by atoms with Crippen LogP contribution in [0, 0.1) is 0 Å². The standard InChI is InChI=1S/C15H21NO4/c1-18-13-5-3-12(4-6-13)15(7-9-20-10-8-15)11-16-14(17)19-2/h3-6H,7-11H2,1-2H3,(H,16,17). The Morgan fingerprint density at radius 3 is 2.45 bits per heavy atom. The fraction of sp³-hybridized carbons (Fsp3) is 0.533. The number of amides is 1. The second-order valence-electron chi connectivity index (χ2n) is 4.97. The maximum atomic E-state index is 11.3. The van der Waals surface area contributed by atoms with Crippen LogP contribution >= 0.6 is 0 Å². The van der Waals surface area contributed by atoms with E-state index >= 15 is 0 Å². The Hall–Kier alpha value is -1.75. The molecule has 110 valence electrons. The SMILES string of the molecule is COC(=O)NCC1(c2ccc(OC)cc2)CCOCC1. The van der Waals surface area contributed by atoms with Gasteiger partial charge in [0, 0.05) is 25.2 Å². The van der Waals surface area contributed by atoms with E-state index in [2.05, 4.69) is 22.2 Å². The molecular formula is C15H21NO4. The van der Waals surface area contributed by atoms with Crippen molar-refractivity contribution in [2.45, 2.75) is 18.3 Å². The van der Waals surface area contributed by atoms with E-state index in [0.717, 1.165) is 18.6 Å². The number of hydrogen-bond acceptors (Lipinski definition) is 4. The van der Waals surface area contributed by atoms with Gasteiger partial charge in [0.2, 0.25) is 0 Å². The lowest BCUT2D eigenvalue weighted by Gasteiger charge is -2.37. The van der Waals surface area contributed by atoms with Crippen LogP contribution in [-0.2, 0) is 14.9 Å². The number of rotatable bonds is 4. The molecular weight excluding hydrogens is 258 g/mol. The summed E-state index contributed by atoms with van der Waals surface area (Å²) >= 11 is 0. The molecule has 2 rings (SSSR count). The average Bonchev–Trinajstić information content (AvgIpc) is 2.53. The van der Waals surface area contributed by atoms with Crippen molar-refractivity contribution in [2.24, 2.45) is 0 Å². The fourth-order valence-electron chi connectivity index (χ4n) is 2.59.